The quantitative estimate of drug-likeness (QED) is 0.668. The van der Waals surface area contributed by atoms with Gasteiger partial charge < -0.3 is 0 Å². The van der Waals surface area contributed by atoms with E-state index in [1.807, 2.05) is 12.1 Å². The minimum absolute atomic E-state index is 0.137. The van der Waals surface area contributed by atoms with Crippen molar-refractivity contribution in [2.24, 2.45) is 0 Å². The van der Waals surface area contributed by atoms with E-state index in [4.69, 9.17) is 0 Å². The lowest BCUT2D eigenvalue weighted by Gasteiger charge is -2.10. The summed E-state index contributed by atoms with van der Waals surface area (Å²) < 4.78 is 0. The molecule has 0 bridgehead atoms. The van der Waals surface area contributed by atoms with Crippen molar-refractivity contribution in [3.05, 3.63) is 53.7 Å². The minimum atomic E-state index is -0.154. The zero-order valence-corrected chi connectivity index (χ0v) is 8.31. The molecule has 0 N–H and O–H groups in total. The van der Waals surface area contributed by atoms with E-state index < -0.39 is 0 Å². The maximum Gasteiger partial charge on any atom is 0.188 e. The van der Waals surface area contributed by atoms with Crippen molar-refractivity contribution in [3.63, 3.8) is 0 Å². The Hall–Kier alpha value is -2.29. The van der Waals surface area contributed by atoms with Crippen LogP contribution >= 0.6 is 0 Å². The van der Waals surface area contributed by atoms with Gasteiger partial charge in [0.2, 0.25) is 0 Å². The van der Waals surface area contributed by atoms with Crippen LogP contribution in [0, 0.1) is 0 Å². The fourth-order valence-electron chi connectivity index (χ4n) is 1.92. The van der Waals surface area contributed by atoms with Crippen LogP contribution in [0.4, 0.5) is 0 Å². The monoisotopic (exact) mass is 209 g/mol. The van der Waals surface area contributed by atoms with Crippen LogP contribution in [0.3, 0.4) is 0 Å². The lowest BCUT2D eigenvalue weighted by atomic mass is 9.92. The SMILES string of the molecule is O=C1C=CC(=O)c2c1ccc1cccnc21. The summed E-state index contributed by atoms with van der Waals surface area (Å²) in [7, 11) is 0. The van der Waals surface area contributed by atoms with Gasteiger partial charge in [0.15, 0.2) is 11.6 Å². The van der Waals surface area contributed by atoms with Crippen molar-refractivity contribution in [3.8, 4) is 0 Å². The van der Waals surface area contributed by atoms with Crippen molar-refractivity contribution in [2.45, 2.75) is 0 Å². The molecule has 1 aromatic heterocycles. The van der Waals surface area contributed by atoms with Gasteiger partial charge in [0, 0.05) is 17.1 Å². The average molecular weight is 209 g/mol. The molecule has 0 radical (unpaired) electrons. The van der Waals surface area contributed by atoms with Crippen molar-refractivity contribution >= 4 is 22.5 Å². The van der Waals surface area contributed by atoms with Gasteiger partial charge in [0.05, 0.1) is 11.1 Å². The molecule has 3 rings (SSSR count). The van der Waals surface area contributed by atoms with E-state index in [2.05, 4.69) is 4.98 Å². The first kappa shape index (κ1) is 8.97. The average Bonchev–Trinajstić information content (AvgIpc) is 2.33. The molecule has 16 heavy (non-hydrogen) atoms. The molecule has 0 fully saturated rings. The number of carbonyl (C=O) groups is 2. The van der Waals surface area contributed by atoms with E-state index in [9.17, 15) is 9.59 Å². The molecular weight excluding hydrogens is 202 g/mol. The number of carbonyl (C=O) groups excluding carboxylic acids is 2. The van der Waals surface area contributed by atoms with Crippen LogP contribution in [0.25, 0.3) is 10.9 Å². The Labute approximate surface area is 91.4 Å². The fourth-order valence-corrected chi connectivity index (χ4v) is 1.92. The molecule has 0 saturated heterocycles. The number of aromatic nitrogens is 1. The third-order valence-corrected chi connectivity index (χ3v) is 2.67. The number of fused-ring (bicyclic) bond motifs is 3. The summed E-state index contributed by atoms with van der Waals surface area (Å²) in [5.74, 6) is -0.291. The predicted molar refractivity (Wildman–Crippen MR) is 59.5 cm³/mol. The summed E-state index contributed by atoms with van der Waals surface area (Å²) in [6, 6.07) is 7.17. The Morgan fingerprint density at radius 3 is 2.62 bits per heavy atom. The first-order valence-corrected chi connectivity index (χ1v) is 4.92. The van der Waals surface area contributed by atoms with Gasteiger partial charge in [0.1, 0.15) is 0 Å². The van der Waals surface area contributed by atoms with E-state index >= 15 is 0 Å². The van der Waals surface area contributed by atoms with Gasteiger partial charge in [-0.3, -0.25) is 14.6 Å². The summed E-state index contributed by atoms with van der Waals surface area (Å²) >= 11 is 0. The molecule has 3 nitrogen and oxygen atoms in total. The predicted octanol–water partition coefficient (Wildman–Crippen LogP) is 2.17. The second kappa shape index (κ2) is 3.10. The highest BCUT2D eigenvalue weighted by atomic mass is 16.1. The molecule has 1 aliphatic carbocycles. The van der Waals surface area contributed by atoms with Gasteiger partial charge >= 0.3 is 0 Å². The molecule has 0 spiro atoms. The standard InChI is InChI=1S/C13H7NO2/c15-10-5-6-11(16)12-9(10)4-3-8-2-1-7-14-13(8)12/h1-7H. The summed E-state index contributed by atoms with van der Waals surface area (Å²) in [4.78, 5) is 27.5. The number of hydrogen-bond acceptors (Lipinski definition) is 3. The van der Waals surface area contributed by atoms with Gasteiger partial charge in [-0.15, -0.1) is 0 Å². The lowest BCUT2D eigenvalue weighted by Crippen LogP contribution is -2.12. The molecule has 0 atom stereocenters. The second-order valence-corrected chi connectivity index (χ2v) is 3.63. The van der Waals surface area contributed by atoms with E-state index in [1.165, 1.54) is 12.2 Å². The van der Waals surface area contributed by atoms with E-state index in [0.29, 0.717) is 16.6 Å². The highest BCUT2D eigenvalue weighted by molar-refractivity contribution is 6.26. The fraction of sp³-hybridized carbons (Fsp3) is 0. The van der Waals surface area contributed by atoms with Gasteiger partial charge in [-0.25, -0.2) is 0 Å². The lowest BCUT2D eigenvalue weighted by molar-refractivity contribution is 0.0995. The van der Waals surface area contributed by atoms with Gasteiger partial charge in [-0.2, -0.15) is 0 Å². The first-order chi connectivity index (χ1) is 7.77. The molecule has 1 aliphatic rings. The van der Waals surface area contributed by atoms with Crippen LogP contribution in [0.1, 0.15) is 20.7 Å². The third-order valence-electron chi connectivity index (χ3n) is 2.67. The summed E-state index contributed by atoms with van der Waals surface area (Å²) in [5.41, 5.74) is 1.46. The van der Waals surface area contributed by atoms with Crippen molar-refractivity contribution in [1.82, 2.24) is 4.98 Å². The third kappa shape index (κ3) is 1.11. The van der Waals surface area contributed by atoms with Crippen LogP contribution < -0.4 is 0 Å². The highest BCUT2D eigenvalue weighted by Gasteiger charge is 2.21. The molecule has 0 unspecified atom stereocenters. The Kier molecular flexibility index (Phi) is 1.74. The van der Waals surface area contributed by atoms with E-state index in [1.54, 1.807) is 18.3 Å². The molecule has 76 valence electrons. The number of rotatable bonds is 0. The van der Waals surface area contributed by atoms with Crippen molar-refractivity contribution < 1.29 is 9.59 Å². The maximum atomic E-state index is 11.8. The first-order valence-electron chi connectivity index (χ1n) is 4.92. The normalized spacial score (nSPS) is 14.2. The summed E-state index contributed by atoms with van der Waals surface area (Å²) in [6.45, 7) is 0. The molecular formula is C13H7NO2. The summed E-state index contributed by atoms with van der Waals surface area (Å²) in [5, 5.41) is 0.873. The van der Waals surface area contributed by atoms with Crippen molar-refractivity contribution in [2.75, 3.05) is 0 Å². The van der Waals surface area contributed by atoms with Crippen LogP contribution in [0.2, 0.25) is 0 Å². The minimum Gasteiger partial charge on any atom is -0.289 e. The smallest absolute Gasteiger partial charge is 0.188 e. The zero-order valence-electron chi connectivity index (χ0n) is 8.31. The van der Waals surface area contributed by atoms with Gasteiger partial charge in [-0.05, 0) is 24.3 Å². The molecule has 1 heterocycles. The number of ketones is 2. The van der Waals surface area contributed by atoms with Crippen molar-refractivity contribution in [1.29, 1.82) is 0 Å². The molecule has 2 aromatic rings. The van der Waals surface area contributed by atoms with Crippen LogP contribution in [-0.2, 0) is 0 Å². The zero-order chi connectivity index (χ0) is 11.1. The van der Waals surface area contributed by atoms with Gasteiger partial charge in [0.25, 0.3) is 0 Å². The largest absolute Gasteiger partial charge is 0.289 e. The Bertz CT molecular complexity index is 656. The Morgan fingerprint density at radius 2 is 1.75 bits per heavy atom. The number of nitrogens with zero attached hydrogens (tertiary/aromatic N) is 1. The number of benzene rings is 1. The Balaban J connectivity index is 2.48. The topological polar surface area (TPSA) is 47.0 Å². The number of allylic oxidation sites excluding steroid dienone is 2. The molecule has 0 saturated carbocycles. The molecule has 0 amide bonds. The second-order valence-electron chi connectivity index (χ2n) is 3.63. The Morgan fingerprint density at radius 1 is 0.938 bits per heavy atom. The maximum absolute atomic E-state index is 11.8. The summed E-state index contributed by atoms with van der Waals surface area (Å²) in [6.07, 6.45) is 4.23. The number of pyridine rings is 1. The highest BCUT2D eigenvalue weighted by Crippen LogP contribution is 2.24. The van der Waals surface area contributed by atoms with Crippen LogP contribution in [0.15, 0.2) is 42.6 Å². The van der Waals surface area contributed by atoms with Gasteiger partial charge in [-0.1, -0.05) is 12.1 Å². The van der Waals surface area contributed by atoms with Crippen LogP contribution in [0.5, 0.6) is 0 Å². The molecule has 1 aromatic carbocycles. The van der Waals surface area contributed by atoms with E-state index in [0.717, 1.165) is 5.39 Å². The number of hydrogen-bond donors (Lipinski definition) is 0. The van der Waals surface area contributed by atoms with E-state index in [-0.39, 0.29) is 11.6 Å². The molecule has 3 heteroatoms. The van der Waals surface area contributed by atoms with Crippen LogP contribution in [-0.4, -0.2) is 16.6 Å². The molecule has 0 aliphatic heterocycles.